The van der Waals surface area contributed by atoms with Crippen LogP contribution in [0.1, 0.15) is 12.2 Å². The molecule has 0 spiro atoms. The Bertz CT molecular complexity index is 514. The molecular weight excluding hydrogens is 224 g/mol. The Morgan fingerprint density at radius 2 is 2.29 bits per heavy atom. The number of fused-ring (bicyclic) bond motifs is 1. The molecule has 17 heavy (non-hydrogen) atoms. The molecule has 1 aliphatic carbocycles. The van der Waals surface area contributed by atoms with Crippen LogP contribution in [-0.4, -0.2) is 23.3 Å². The first-order valence-corrected chi connectivity index (χ1v) is 5.11. The van der Waals surface area contributed by atoms with Crippen molar-refractivity contribution in [2.75, 3.05) is 7.11 Å². The number of hydrogen-bond donors (Lipinski definition) is 2. The number of carboxylic acids is 1. The maximum atomic E-state index is 10.5. The van der Waals surface area contributed by atoms with Gasteiger partial charge in [-0.3, -0.25) is 4.79 Å². The van der Waals surface area contributed by atoms with Crippen LogP contribution in [0.4, 0.5) is 0 Å². The minimum absolute atomic E-state index is 0.0282. The maximum Gasteiger partial charge on any atom is 0.303 e. The molecule has 5 heteroatoms. The summed E-state index contributed by atoms with van der Waals surface area (Å²) in [7, 11) is 1.45. The summed E-state index contributed by atoms with van der Waals surface area (Å²) in [5, 5.41) is 18.3. The normalized spacial score (nSPS) is 10.6. The highest BCUT2D eigenvalue weighted by molar-refractivity contribution is 5.81. The van der Waals surface area contributed by atoms with Gasteiger partial charge in [0, 0.05) is 6.42 Å². The van der Waals surface area contributed by atoms with Crippen molar-refractivity contribution in [1.29, 1.82) is 0 Å². The smallest absolute Gasteiger partial charge is 0.303 e. The standard InChI is InChI=1S/C12H12O5/c1-16-12-8(13)6-7-4-5-17-9(11(7)12)2-3-10(14)15/h4-6,13H,2-3H2,1H3,(H,14,15). The first-order chi connectivity index (χ1) is 8.13. The summed E-state index contributed by atoms with van der Waals surface area (Å²) in [5.74, 6) is -0.0424. The number of aliphatic carboxylic acids is 1. The molecule has 0 aromatic rings. The number of hydrogen-bond acceptors (Lipinski definition) is 4. The Balaban J connectivity index is 2.45. The second kappa shape index (κ2) is 4.37. The summed E-state index contributed by atoms with van der Waals surface area (Å²) >= 11 is 0. The summed E-state index contributed by atoms with van der Waals surface area (Å²) in [5.41, 5.74) is 1.40. The Morgan fingerprint density at radius 3 is 2.94 bits per heavy atom. The quantitative estimate of drug-likeness (QED) is 0.849. The lowest BCUT2D eigenvalue weighted by Crippen LogP contribution is -1.99. The number of rotatable bonds is 4. The first-order valence-electron chi connectivity index (χ1n) is 5.11. The van der Waals surface area contributed by atoms with Crippen LogP contribution >= 0.6 is 0 Å². The van der Waals surface area contributed by atoms with E-state index < -0.39 is 5.97 Å². The third-order valence-electron chi connectivity index (χ3n) is 2.55. The van der Waals surface area contributed by atoms with Crippen molar-refractivity contribution < 1.29 is 24.2 Å². The lowest BCUT2D eigenvalue weighted by Gasteiger charge is -2.08. The van der Waals surface area contributed by atoms with E-state index in [1.165, 1.54) is 13.4 Å². The highest BCUT2D eigenvalue weighted by atomic mass is 16.5. The van der Waals surface area contributed by atoms with Crippen molar-refractivity contribution in [2.24, 2.45) is 0 Å². The number of carboxylic acid groups (broad SMARTS) is 1. The third kappa shape index (κ3) is 2.04. The van der Waals surface area contributed by atoms with Crippen LogP contribution < -0.4 is 4.74 Å². The minimum atomic E-state index is -0.896. The van der Waals surface area contributed by atoms with Crippen LogP contribution in [-0.2, 0) is 11.2 Å². The van der Waals surface area contributed by atoms with Crippen molar-refractivity contribution in [3.63, 3.8) is 0 Å². The van der Waals surface area contributed by atoms with E-state index in [1.54, 1.807) is 12.1 Å². The SMILES string of the molecule is COc1c(O)cc2ccoc(CCC(=O)O)c1-2. The van der Waals surface area contributed by atoms with Crippen LogP contribution in [0, 0.1) is 0 Å². The van der Waals surface area contributed by atoms with Crippen molar-refractivity contribution >= 4 is 5.97 Å². The molecule has 0 saturated carbocycles. The molecule has 0 aromatic carbocycles. The number of aryl methyl sites for hydroxylation is 1. The summed E-state index contributed by atoms with van der Waals surface area (Å²) in [4.78, 5) is 10.5. The predicted molar refractivity (Wildman–Crippen MR) is 59.5 cm³/mol. The van der Waals surface area contributed by atoms with Gasteiger partial charge < -0.3 is 19.4 Å². The number of aromatic hydroxyl groups is 1. The van der Waals surface area contributed by atoms with E-state index >= 15 is 0 Å². The van der Waals surface area contributed by atoms with Crippen LogP contribution in [0.15, 0.2) is 22.8 Å². The lowest BCUT2D eigenvalue weighted by molar-refractivity contribution is -0.137. The zero-order valence-electron chi connectivity index (χ0n) is 9.27. The van der Waals surface area contributed by atoms with Crippen LogP contribution in [0.3, 0.4) is 0 Å². The maximum absolute atomic E-state index is 10.5. The summed E-state index contributed by atoms with van der Waals surface area (Å²) in [6.07, 6.45) is 1.70. The van der Waals surface area contributed by atoms with Gasteiger partial charge in [0.15, 0.2) is 11.5 Å². The zero-order chi connectivity index (χ0) is 12.4. The Kier molecular flexibility index (Phi) is 2.91. The summed E-state index contributed by atoms with van der Waals surface area (Å²) in [6, 6.07) is 3.26. The van der Waals surface area contributed by atoms with Crippen LogP contribution in [0.25, 0.3) is 11.1 Å². The van der Waals surface area contributed by atoms with Gasteiger partial charge in [0.05, 0.1) is 25.4 Å². The van der Waals surface area contributed by atoms with Crippen molar-refractivity contribution in [3.05, 3.63) is 24.2 Å². The average molecular weight is 236 g/mol. The van der Waals surface area contributed by atoms with Gasteiger partial charge in [-0.15, -0.1) is 0 Å². The van der Waals surface area contributed by atoms with Crippen molar-refractivity contribution in [3.8, 4) is 22.6 Å². The van der Waals surface area contributed by atoms with E-state index in [9.17, 15) is 9.90 Å². The Morgan fingerprint density at radius 1 is 1.53 bits per heavy atom. The summed E-state index contributed by atoms with van der Waals surface area (Å²) < 4.78 is 10.4. The zero-order valence-corrected chi connectivity index (χ0v) is 9.27. The van der Waals surface area contributed by atoms with E-state index in [0.717, 1.165) is 5.56 Å². The molecule has 0 aromatic heterocycles. The third-order valence-corrected chi connectivity index (χ3v) is 2.55. The molecule has 1 aliphatic heterocycles. The molecule has 2 N–H and O–H groups in total. The molecule has 0 fully saturated rings. The monoisotopic (exact) mass is 236 g/mol. The molecule has 0 atom stereocenters. The molecule has 1 heterocycles. The van der Waals surface area contributed by atoms with Gasteiger partial charge in [0.2, 0.25) is 0 Å². The number of methoxy groups -OCH3 is 1. The Labute approximate surface area is 97.6 Å². The van der Waals surface area contributed by atoms with Gasteiger partial charge in [-0.2, -0.15) is 0 Å². The molecule has 0 bridgehead atoms. The summed E-state index contributed by atoms with van der Waals surface area (Å²) in [6.45, 7) is 0. The van der Waals surface area contributed by atoms with Gasteiger partial charge in [-0.25, -0.2) is 0 Å². The molecule has 2 aliphatic rings. The minimum Gasteiger partial charge on any atom is -0.504 e. The number of ether oxygens (including phenoxy) is 1. The molecular formula is C12H12O5. The second-order valence-electron chi connectivity index (χ2n) is 3.63. The van der Waals surface area contributed by atoms with E-state index in [1.807, 2.05) is 0 Å². The van der Waals surface area contributed by atoms with Gasteiger partial charge in [0.1, 0.15) is 5.76 Å². The van der Waals surface area contributed by atoms with Gasteiger partial charge in [-0.1, -0.05) is 0 Å². The van der Waals surface area contributed by atoms with Crippen molar-refractivity contribution in [2.45, 2.75) is 12.8 Å². The van der Waals surface area contributed by atoms with Gasteiger partial charge in [-0.05, 0) is 17.7 Å². The molecule has 5 nitrogen and oxygen atoms in total. The molecule has 0 saturated heterocycles. The second-order valence-corrected chi connectivity index (χ2v) is 3.63. The predicted octanol–water partition coefficient (Wildman–Crippen LogP) is 2.12. The first kappa shape index (κ1) is 11.3. The fourth-order valence-corrected chi connectivity index (χ4v) is 1.82. The topological polar surface area (TPSA) is 79.9 Å². The van der Waals surface area contributed by atoms with Crippen LogP contribution in [0.5, 0.6) is 11.5 Å². The van der Waals surface area contributed by atoms with Gasteiger partial charge in [0.25, 0.3) is 0 Å². The fourth-order valence-electron chi connectivity index (χ4n) is 1.82. The van der Waals surface area contributed by atoms with Gasteiger partial charge >= 0.3 is 5.97 Å². The molecule has 0 radical (unpaired) electrons. The Hall–Kier alpha value is -2.17. The van der Waals surface area contributed by atoms with Crippen molar-refractivity contribution in [1.82, 2.24) is 0 Å². The van der Waals surface area contributed by atoms with Crippen LogP contribution in [0.2, 0.25) is 0 Å². The average Bonchev–Trinajstić information content (AvgIpc) is 2.62. The lowest BCUT2D eigenvalue weighted by atomic mass is 10.1. The molecule has 2 rings (SSSR count). The van der Waals surface area contributed by atoms with E-state index in [0.29, 0.717) is 17.1 Å². The highest BCUT2D eigenvalue weighted by Gasteiger charge is 2.21. The van der Waals surface area contributed by atoms with E-state index in [2.05, 4.69) is 0 Å². The largest absolute Gasteiger partial charge is 0.504 e. The number of carbonyl (C=O) groups is 1. The molecule has 0 amide bonds. The molecule has 0 unspecified atom stereocenters. The van der Waals surface area contributed by atoms with E-state index in [-0.39, 0.29) is 18.6 Å². The molecule has 90 valence electrons. The highest BCUT2D eigenvalue weighted by Crippen LogP contribution is 2.45. The fraction of sp³-hybridized carbons (Fsp3) is 0.250. The van der Waals surface area contributed by atoms with E-state index in [4.69, 9.17) is 14.3 Å².